The van der Waals surface area contributed by atoms with E-state index in [-0.39, 0.29) is 39.7 Å². The van der Waals surface area contributed by atoms with Crippen LogP contribution in [0.3, 0.4) is 0 Å². The average molecular weight is 389 g/mol. The molecular formula is C20H23NO5S. The molecule has 2 rings (SSSR count). The van der Waals surface area contributed by atoms with Crippen molar-refractivity contribution in [3.63, 3.8) is 0 Å². The van der Waals surface area contributed by atoms with E-state index in [0.29, 0.717) is 0 Å². The Balaban J connectivity index is 2.53. The number of Topliss-reactive ketones (excluding diaryl/α,β-unsaturated/α-hetero) is 1. The number of aromatic hydroxyl groups is 1. The molecule has 2 aromatic rings. The number of rotatable bonds is 8. The van der Waals surface area contributed by atoms with E-state index in [2.05, 4.69) is 11.3 Å². The van der Waals surface area contributed by atoms with Crippen molar-refractivity contribution in [1.29, 1.82) is 0 Å². The third kappa shape index (κ3) is 4.56. The number of carbonyl (C=O) groups is 1. The van der Waals surface area contributed by atoms with Crippen LogP contribution in [0.4, 0.5) is 0 Å². The molecule has 0 aromatic heterocycles. The van der Waals surface area contributed by atoms with Crippen LogP contribution in [0.5, 0.6) is 11.5 Å². The molecule has 2 aromatic carbocycles. The molecule has 0 spiro atoms. The zero-order valence-electron chi connectivity index (χ0n) is 15.5. The Morgan fingerprint density at radius 1 is 1.22 bits per heavy atom. The molecule has 0 fully saturated rings. The summed E-state index contributed by atoms with van der Waals surface area (Å²) in [4.78, 5) is 12.3. The summed E-state index contributed by atoms with van der Waals surface area (Å²) >= 11 is 0. The van der Waals surface area contributed by atoms with Crippen LogP contribution in [0.15, 0.2) is 59.5 Å². The van der Waals surface area contributed by atoms with Crippen molar-refractivity contribution in [1.82, 2.24) is 4.72 Å². The molecule has 0 aliphatic carbocycles. The van der Waals surface area contributed by atoms with Crippen LogP contribution in [0.1, 0.15) is 30.5 Å². The van der Waals surface area contributed by atoms with Gasteiger partial charge in [-0.05, 0) is 25.1 Å². The average Bonchev–Trinajstić information content (AvgIpc) is 2.65. The Labute approximate surface area is 159 Å². The van der Waals surface area contributed by atoms with Gasteiger partial charge in [0.15, 0.2) is 17.3 Å². The number of sulfonamides is 1. The lowest BCUT2D eigenvalue weighted by molar-refractivity contribution is -0.115. The summed E-state index contributed by atoms with van der Waals surface area (Å²) in [5.41, 5.74) is 1.15. The lowest BCUT2D eigenvalue weighted by atomic mass is 9.95. The second kappa shape index (κ2) is 8.37. The van der Waals surface area contributed by atoms with Gasteiger partial charge in [0, 0.05) is 17.6 Å². The fourth-order valence-electron chi connectivity index (χ4n) is 2.59. The molecule has 6 nitrogen and oxygen atoms in total. The van der Waals surface area contributed by atoms with E-state index in [1.54, 1.807) is 25.1 Å². The number of methoxy groups -OCH3 is 1. The van der Waals surface area contributed by atoms with Crippen LogP contribution in [0.25, 0.3) is 0 Å². The second-order valence-corrected chi connectivity index (χ2v) is 7.78. The van der Waals surface area contributed by atoms with Crippen LogP contribution < -0.4 is 9.46 Å². The summed E-state index contributed by atoms with van der Waals surface area (Å²) in [6, 6.07) is 9.85. The lowest BCUT2D eigenvalue weighted by Gasteiger charge is -2.22. The maximum atomic E-state index is 12.8. The molecule has 0 saturated carbocycles. The standard InChI is InChI=1S/C20H23NO5S/c1-5-17(22)14(3)19(16-7-6-8-18(26-4)20(16)23)21-27(24,25)15-11-9-13(2)10-12-15/h6-12,19,21,23H,3,5H2,1-2,4H3/t19-/m1/s1. The molecule has 0 radical (unpaired) electrons. The van der Waals surface area contributed by atoms with Gasteiger partial charge < -0.3 is 9.84 Å². The van der Waals surface area contributed by atoms with Gasteiger partial charge in [0.2, 0.25) is 10.0 Å². The van der Waals surface area contributed by atoms with Gasteiger partial charge in [-0.25, -0.2) is 8.42 Å². The largest absolute Gasteiger partial charge is 0.504 e. The normalized spacial score (nSPS) is 12.4. The first-order valence-electron chi connectivity index (χ1n) is 8.38. The highest BCUT2D eigenvalue weighted by Gasteiger charge is 2.29. The Bertz CT molecular complexity index is 949. The van der Waals surface area contributed by atoms with Crippen LogP contribution >= 0.6 is 0 Å². The van der Waals surface area contributed by atoms with E-state index in [9.17, 15) is 18.3 Å². The van der Waals surface area contributed by atoms with Crippen molar-refractivity contribution in [2.75, 3.05) is 7.11 Å². The van der Waals surface area contributed by atoms with Gasteiger partial charge >= 0.3 is 0 Å². The smallest absolute Gasteiger partial charge is 0.241 e. The van der Waals surface area contributed by atoms with E-state index in [0.717, 1.165) is 5.56 Å². The summed E-state index contributed by atoms with van der Waals surface area (Å²) in [6.45, 7) is 7.27. The van der Waals surface area contributed by atoms with Crippen molar-refractivity contribution >= 4 is 15.8 Å². The number of hydrogen-bond acceptors (Lipinski definition) is 5. The molecule has 0 amide bonds. The van der Waals surface area contributed by atoms with E-state index < -0.39 is 16.1 Å². The number of aryl methyl sites for hydroxylation is 1. The van der Waals surface area contributed by atoms with Gasteiger partial charge in [-0.15, -0.1) is 0 Å². The van der Waals surface area contributed by atoms with Gasteiger partial charge in [0.25, 0.3) is 0 Å². The quantitative estimate of drug-likeness (QED) is 0.676. The maximum absolute atomic E-state index is 12.8. The molecule has 0 aliphatic heterocycles. The molecule has 7 heteroatoms. The van der Waals surface area contributed by atoms with Crippen LogP contribution in [0, 0.1) is 6.92 Å². The molecule has 2 N–H and O–H groups in total. The predicted molar refractivity (Wildman–Crippen MR) is 103 cm³/mol. The minimum atomic E-state index is -3.96. The molecule has 144 valence electrons. The van der Waals surface area contributed by atoms with Crippen molar-refractivity contribution in [2.45, 2.75) is 31.2 Å². The van der Waals surface area contributed by atoms with E-state index >= 15 is 0 Å². The highest BCUT2D eigenvalue weighted by molar-refractivity contribution is 7.89. The first kappa shape index (κ1) is 20.7. The number of carbonyl (C=O) groups excluding carboxylic acids is 1. The minimum absolute atomic E-state index is 0.0386. The number of ether oxygens (including phenoxy) is 1. The molecular weight excluding hydrogens is 366 g/mol. The predicted octanol–water partition coefficient (Wildman–Crippen LogP) is 3.26. The van der Waals surface area contributed by atoms with Gasteiger partial charge in [-0.1, -0.05) is 43.3 Å². The third-order valence-electron chi connectivity index (χ3n) is 4.19. The molecule has 0 aliphatic rings. The molecule has 0 unspecified atom stereocenters. The lowest BCUT2D eigenvalue weighted by Crippen LogP contribution is -2.31. The van der Waals surface area contributed by atoms with E-state index in [1.807, 2.05) is 6.92 Å². The SMILES string of the molecule is C=C(C(=O)CC)[C@@H](NS(=O)(=O)c1ccc(C)cc1)c1cccc(OC)c1O. The highest BCUT2D eigenvalue weighted by atomic mass is 32.2. The van der Waals surface area contributed by atoms with Gasteiger partial charge in [0.05, 0.1) is 18.0 Å². The fourth-order valence-corrected chi connectivity index (χ4v) is 3.80. The zero-order valence-corrected chi connectivity index (χ0v) is 16.3. The summed E-state index contributed by atoms with van der Waals surface area (Å²) in [5, 5.41) is 10.5. The van der Waals surface area contributed by atoms with Crippen LogP contribution in [-0.4, -0.2) is 26.4 Å². The molecule has 0 heterocycles. The summed E-state index contributed by atoms with van der Waals surface area (Å²) in [7, 11) is -2.58. The van der Waals surface area contributed by atoms with E-state index in [4.69, 9.17) is 4.74 Å². The molecule has 0 saturated heterocycles. The Kier molecular flexibility index (Phi) is 6.41. The first-order chi connectivity index (χ1) is 12.7. The van der Waals surface area contributed by atoms with Crippen molar-refractivity contribution in [3.05, 3.63) is 65.7 Å². The Morgan fingerprint density at radius 3 is 2.41 bits per heavy atom. The van der Waals surface area contributed by atoms with Crippen molar-refractivity contribution in [3.8, 4) is 11.5 Å². The second-order valence-electron chi connectivity index (χ2n) is 6.07. The molecule has 27 heavy (non-hydrogen) atoms. The third-order valence-corrected chi connectivity index (χ3v) is 5.63. The van der Waals surface area contributed by atoms with Gasteiger partial charge in [-0.3, -0.25) is 4.79 Å². The van der Waals surface area contributed by atoms with E-state index in [1.165, 1.54) is 31.4 Å². The zero-order chi connectivity index (χ0) is 20.2. The Hall–Kier alpha value is -2.64. The number of ketones is 1. The minimum Gasteiger partial charge on any atom is -0.504 e. The van der Waals surface area contributed by atoms with Crippen LogP contribution in [0.2, 0.25) is 0 Å². The highest BCUT2D eigenvalue weighted by Crippen LogP contribution is 2.37. The monoisotopic (exact) mass is 389 g/mol. The molecule has 0 bridgehead atoms. The summed E-state index contributed by atoms with van der Waals surface area (Å²) in [5.74, 6) is -0.390. The number of benzene rings is 2. The number of para-hydroxylation sites is 1. The number of phenolic OH excluding ortho intramolecular Hbond substituents is 1. The topological polar surface area (TPSA) is 92.7 Å². The Morgan fingerprint density at radius 2 is 1.85 bits per heavy atom. The number of phenols is 1. The first-order valence-corrected chi connectivity index (χ1v) is 9.86. The number of hydrogen-bond donors (Lipinski definition) is 2. The fraction of sp³-hybridized carbons (Fsp3) is 0.250. The van der Waals surface area contributed by atoms with Crippen molar-refractivity contribution in [2.24, 2.45) is 0 Å². The maximum Gasteiger partial charge on any atom is 0.241 e. The van der Waals surface area contributed by atoms with Gasteiger partial charge in [-0.2, -0.15) is 4.72 Å². The van der Waals surface area contributed by atoms with Crippen molar-refractivity contribution < 1.29 is 23.1 Å². The van der Waals surface area contributed by atoms with Gasteiger partial charge in [0.1, 0.15) is 0 Å². The number of nitrogens with one attached hydrogen (secondary N) is 1. The summed E-state index contributed by atoms with van der Waals surface area (Å²) < 4.78 is 33.2. The van der Waals surface area contributed by atoms with Crippen LogP contribution in [-0.2, 0) is 14.8 Å². The molecule has 1 atom stereocenters. The summed E-state index contributed by atoms with van der Waals surface area (Å²) in [6.07, 6.45) is 0.159.